The van der Waals surface area contributed by atoms with Gasteiger partial charge in [0.1, 0.15) is 0 Å². The Morgan fingerprint density at radius 3 is 2.18 bits per heavy atom. The van der Waals surface area contributed by atoms with Crippen LogP contribution >= 0.6 is 23.2 Å². The molecular formula is C17H18Cl2N2O. The average molecular weight is 337 g/mol. The lowest BCUT2D eigenvalue weighted by molar-refractivity contribution is 0.262. The molecule has 0 unspecified atom stereocenters. The molecule has 0 bridgehead atoms. The van der Waals surface area contributed by atoms with Gasteiger partial charge in [0.2, 0.25) is 0 Å². The first-order valence-electron chi connectivity index (χ1n) is 7.12. The van der Waals surface area contributed by atoms with E-state index in [-0.39, 0.29) is 6.03 Å². The molecule has 5 heteroatoms. The van der Waals surface area contributed by atoms with E-state index in [9.17, 15) is 4.79 Å². The quantitative estimate of drug-likeness (QED) is 0.690. The molecule has 0 heterocycles. The summed E-state index contributed by atoms with van der Waals surface area (Å²) in [4.78, 5) is 12.0. The summed E-state index contributed by atoms with van der Waals surface area (Å²) in [5.41, 5.74) is 2.59. The highest BCUT2D eigenvalue weighted by Crippen LogP contribution is 2.25. The lowest BCUT2D eigenvalue weighted by atomic mass is 9.99. The lowest BCUT2D eigenvalue weighted by Crippen LogP contribution is -2.19. The minimum Gasteiger partial charge on any atom is -0.308 e. The van der Waals surface area contributed by atoms with Crippen molar-refractivity contribution >= 4 is 40.6 Å². The van der Waals surface area contributed by atoms with E-state index >= 15 is 0 Å². The molecule has 2 amide bonds. The predicted octanol–water partition coefficient (Wildman–Crippen LogP) is 6.15. The molecule has 2 aromatic rings. The minimum absolute atomic E-state index is 0.324. The molecule has 0 fully saturated rings. The molecule has 0 aliphatic rings. The zero-order valence-corrected chi connectivity index (χ0v) is 14.0. The summed E-state index contributed by atoms with van der Waals surface area (Å²) in [5, 5.41) is 6.35. The first-order chi connectivity index (χ1) is 10.5. The number of rotatable bonds is 4. The van der Waals surface area contributed by atoms with Gasteiger partial charge in [0.15, 0.2) is 0 Å². The zero-order chi connectivity index (χ0) is 16.1. The first kappa shape index (κ1) is 16.7. The lowest BCUT2D eigenvalue weighted by Gasteiger charge is -2.11. The number of hydrogen-bond donors (Lipinski definition) is 2. The molecule has 0 spiro atoms. The highest BCUT2D eigenvalue weighted by Gasteiger charge is 2.06. The molecule has 2 N–H and O–H groups in total. The smallest absolute Gasteiger partial charge is 0.308 e. The van der Waals surface area contributed by atoms with Gasteiger partial charge in [-0.1, -0.05) is 49.2 Å². The Kier molecular flexibility index (Phi) is 5.69. The summed E-state index contributed by atoms with van der Waals surface area (Å²) in [6.07, 6.45) is 1.09. The van der Waals surface area contributed by atoms with Crippen molar-refractivity contribution in [2.24, 2.45) is 0 Å². The maximum absolute atomic E-state index is 12.0. The number of benzene rings is 2. The van der Waals surface area contributed by atoms with Gasteiger partial charge < -0.3 is 10.6 Å². The van der Waals surface area contributed by atoms with Crippen LogP contribution in [0.3, 0.4) is 0 Å². The van der Waals surface area contributed by atoms with Crippen LogP contribution in [0, 0.1) is 0 Å². The van der Waals surface area contributed by atoms with Crippen LogP contribution in [0.2, 0.25) is 10.0 Å². The maximum atomic E-state index is 12.0. The first-order valence-corrected chi connectivity index (χ1v) is 7.88. The standard InChI is InChI=1S/C17H18Cl2N2O/c1-3-11(2)12-4-6-13(7-5-12)20-17(22)21-14-8-9-15(18)16(19)10-14/h4-11H,3H2,1-2H3,(H2,20,21,22)/t11-/m1/s1. The highest BCUT2D eigenvalue weighted by atomic mass is 35.5. The second-order valence-electron chi connectivity index (χ2n) is 5.14. The average Bonchev–Trinajstić information content (AvgIpc) is 2.51. The molecule has 2 aromatic carbocycles. The van der Waals surface area contributed by atoms with Gasteiger partial charge in [-0.25, -0.2) is 4.79 Å². The molecule has 0 aromatic heterocycles. The van der Waals surface area contributed by atoms with Gasteiger partial charge in [0.05, 0.1) is 10.0 Å². The van der Waals surface area contributed by atoms with Crippen LogP contribution in [0.1, 0.15) is 31.7 Å². The van der Waals surface area contributed by atoms with Gasteiger partial charge in [-0.15, -0.1) is 0 Å². The SMILES string of the molecule is CC[C@@H](C)c1ccc(NC(=O)Nc2ccc(Cl)c(Cl)c2)cc1. The van der Waals surface area contributed by atoms with E-state index in [1.165, 1.54) is 5.56 Å². The van der Waals surface area contributed by atoms with Crippen molar-refractivity contribution in [3.05, 3.63) is 58.1 Å². The van der Waals surface area contributed by atoms with Crippen molar-refractivity contribution in [1.29, 1.82) is 0 Å². The Morgan fingerprint density at radius 1 is 1.00 bits per heavy atom. The molecular weight excluding hydrogens is 319 g/mol. The van der Waals surface area contributed by atoms with Gasteiger partial charge >= 0.3 is 6.03 Å². The van der Waals surface area contributed by atoms with E-state index in [1.807, 2.05) is 24.3 Å². The van der Waals surface area contributed by atoms with Crippen molar-refractivity contribution in [3.63, 3.8) is 0 Å². The van der Waals surface area contributed by atoms with Gasteiger partial charge in [0, 0.05) is 11.4 Å². The fourth-order valence-corrected chi connectivity index (χ4v) is 2.30. The number of carbonyl (C=O) groups excluding carboxylic acids is 1. The number of hydrogen-bond acceptors (Lipinski definition) is 1. The van der Waals surface area contributed by atoms with Crippen molar-refractivity contribution in [2.45, 2.75) is 26.2 Å². The number of nitrogens with one attached hydrogen (secondary N) is 2. The van der Waals surface area contributed by atoms with Crippen molar-refractivity contribution in [1.82, 2.24) is 0 Å². The molecule has 0 radical (unpaired) electrons. The van der Waals surface area contributed by atoms with Crippen molar-refractivity contribution in [3.8, 4) is 0 Å². The number of amides is 2. The highest BCUT2D eigenvalue weighted by molar-refractivity contribution is 6.42. The Morgan fingerprint density at radius 2 is 1.59 bits per heavy atom. The van der Waals surface area contributed by atoms with Crippen LogP contribution in [-0.4, -0.2) is 6.03 Å². The normalized spacial score (nSPS) is 11.8. The monoisotopic (exact) mass is 336 g/mol. The summed E-state index contributed by atoms with van der Waals surface area (Å²) in [6.45, 7) is 4.33. The van der Waals surface area contributed by atoms with Gasteiger partial charge in [0.25, 0.3) is 0 Å². The molecule has 2 rings (SSSR count). The van der Waals surface area contributed by atoms with Gasteiger partial charge in [-0.05, 0) is 48.2 Å². The predicted molar refractivity (Wildman–Crippen MR) is 94.3 cm³/mol. The Labute approximate surface area is 140 Å². The summed E-state index contributed by atoms with van der Waals surface area (Å²) >= 11 is 11.8. The molecule has 0 saturated heterocycles. The van der Waals surface area contributed by atoms with Gasteiger partial charge in [-0.2, -0.15) is 0 Å². The third kappa shape index (κ3) is 4.39. The summed E-state index contributed by atoms with van der Waals surface area (Å²) in [5.74, 6) is 0.513. The summed E-state index contributed by atoms with van der Waals surface area (Å²) < 4.78 is 0. The molecule has 0 aliphatic carbocycles. The zero-order valence-electron chi connectivity index (χ0n) is 12.5. The second kappa shape index (κ2) is 7.52. The molecule has 0 saturated carbocycles. The minimum atomic E-state index is -0.324. The maximum Gasteiger partial charge on any atom is 0.323 e. The Bertz CT molecular complexity index is 656. The molecule has 22 heavy (non-hydrogen) atoms. The summed E-state index contributed by atoms with van der Waals surface area (Å²) in [7, 11) is 0. The molecule has 116 valence electrons. The van der Waals surface area contributed by atoms with Crippen molar-refractivity contribution < 1.29 is 4.79 Å². The second-order valence-corrected chi connectivity index (χ2v) is 5.95. The van der Waals surface area contributed by atoms with E-state index in [0.717, 1.165) is 12.1 Å². The van der Waals surface area contributed by atoms with Crippen LogP contribution in [0.15, 0.2) is 42.5 Å². The largest absolute Gasteiger partial charge is 0.323 e. The molecule has 0 aliphatic heterocycles. The third-order valence-electron chi connectivity index (χ3n) is 3.53. The number of anilines is 2. The van der Waals surface area contributed by atoms with E-state index in [1.54, 1.807) is 18.2 Å². The van der Waals surface area contributed by atoms with Crippen molar-refractivity contribution in [2.75, 3.05) is 10.6 Å². The van der Waals surface area contributed by atoms with E-state index in [2.05, 4.69) is 24.5 Å². The number of urea groups is 1. The van der Waals surface area contributed by atoms with E-state index < -0.39 is 0 Å². The number of halogens is 2. The van der Waals surface area contributed by atoms with Crippen LogP contribution in [0.5, 0.6) is 0 Å². The van der Waals surface area contributed by atoms with Gasteiger partial charge in [-0.3, -0.25) is 0 Å². The fourth-order valence-electron chi connectivity index (χ4n) is 2.00. The number of carbonyl (C=O) groups is 1. The molecule has 1 atom stereocenters. The van der Waals surface area contributed by atoms with E-state index in [4.69, 9.17) is 23.2 Å². The fraction of sp³-hybridized carbons (Fsp3) is 0.235. The van der Waals surface area contributed by atoms with Crippen LogP contribution in [-0.2, 0) is 0 Å². The topological polar surface area (TPSA) is 41.1 Å². The van der Waals surface area contributed by atoms with Crippen LogP contribution in [0.4, 0.5) is 16.2 Å². The Hall–Kier alpha value is -1.71. The van der Waals surface area contributed by atoms with E-state index in [0.29, 0.717) is 21.7 Å². The summed E-state index contributed by atoms with van der Waals surface area (Å²) in [6, 6.07) is 12.5. The molecule has 3 nitrogen and oxygen atoms in total. The van der Waals surface area contributed by atoms with Crippen LogP contribution in [0.25, 0.3) is 0 Å². The van der Waals surface area contributed by atoms with Crippen LogP contribution < -0.4 is 10.6 Å². The Balaban J connectivity index is 1.98. The third-order valence-corrected chi connectivity index (χ3v) is 4.27.